The van der Waals surface area contributed by atoms with Gasteiger partial charge in [0.25, 0.3) is 0 Å². The van der Waals surface area contributed by atoms with Crippen molar-refractivity contribution in [1.29, 1.82) is 0 Å². The summed E-state index contributed by atoms with van der Waals surface area (Å²) in [4.78, 5) is 61.1. The molecule has 3 atom stereocenters. The highest BCUT2D eigenvalue weighted by molar-refractivity contribution is 6.35. The highest BCUT2D eigenvalue weighted by atomic mass is 19.4. The van der Waals surface area contributed by atoms with Crippen LogP contribution in [0.25, 0.3) is 0 Å². The van der Waals surface area contributed by atoms with Crippen molar-refractivity contribution in [3.63, 3.8) is 0 Å². The van der Waals surface area contributed by atoms with Gasteiger partial charge in [-0.1, -0.05) is 20.8 Å². The molecule has 0 spiro atoms. The largest absolute Gasteiger partial charge is 0.522 e. The second-order valence-electron chi connectivity index (χ2n) is 8.19. The van der Waals surface area contributed by atoms with E-state index in [1.807, 2.05) is 0 Å². The first kappa shape index (κ1) is 28.3. The number of amides is 4. The fraction of sp³-hybridized carbons (Fsp3) is 0.750. The summed E-state index contributed by atoms with van der Waals surface area (Å²) >= 11 is 0. The molecule has 1 aliphatic heterocycles. The van der Waals surface area contributed by atoms with Gasteiger partial charge in [-0.2, -0.15) is 0 Å². The van der Waals surface area contributed by atoms with Crippen LogP contribution in [-0.4, -0.2) is 67.6 Å². The Morgan fingerprint density at radius 2 is 1.79 bits per heavy atom. The van der Waals surface area contributed by atoms with E-state index in [0.717, 1.165) is 0 Å². The average molecular weight is 480 g/mol. The summed E-state index contributed by atoms with van der Waals surface area (Å²) in [5.74, 6) is -5.08. The first-order valence-corrected chi connectivity index (χ1v) is 10.7. The van der Waals surface area contributed by atoms with Gasteiger partial charge in [0.2, 0.25) is 11.8 Å². The molecule has 2 unspecified atom stereocenters. The lowest BCUT2D eigenvalue weighted by Gasteiger charge is -2.25. The lowest BCUT2D eigenvalue weighted by atomic mass is 9.95. The Hall–Kier alpha value is -2.70. The molecule has 188 valence electrons. The summed E-state index contributed by atoms with van der Waals surface area (Å²) in [6.45, 7) is 4.56. The molecule has 0 aromatic carbocycles. The van der Waals surface area contributed by atoms with Crippen molar-refractivity contribution in [2.24, 2.45) is 11.8 Å². The smallest absolute Gasteiger partial charge is 0.356 e. The second kappa shape index (κ2) is 13.1. The summed E-state index contributed by atoms with van der Waals surface area (Å²) < 4.78 is 40.7. The van der Waals surface area contributed by atoms with Crippen LogP contribution in [-0.2, 0) is 28.7 Å². The van der Waals surface area contributed by atoms with Crippen molar-refractivity contribution in [2.75, 3.05) is 19.7 Å². The summed E-state index contributed by atoms with van der Waals surface area (Å²) in [6.07, 6.45) is -4.23. The van der Waals surface area contributed by atoms with E-state index >= 15 is 0 Å². The fourth-order valence-corrected chi connectivity index (χ4v) is 3.20. The van der Waals surface area contributed by atoms with Gasteiger partial charge in [0, 0.05) is 19.0 Å². The third kappa shape index (κ3) is 10.6. The molecule has 0 bridgehead atoms. The van der Waals surface area contributed by atoms with E-state index in [2.05, 4.69) is 26.0 Å². The van der Waals surface area contributed by atoms with E-state index in [4.69, 9.17) is 0 Å². The van der Waals surface area contributed by atoms with E-state index in [1.165, 1.54) is 0 Å². The molecule has 4 amide bonds. The maximum Gasteiger partial charge on any atom is 0.522 e. The Morgan fingerprint density at radius 1 is 1.12 bits per heavy atom. The minimum Gasteiger partial charge on any atom is -0.356 e. The lowest BCUT2D eigenvalue weighted by Crippen LogP contribution is -2.55. The molecule has 0 saturated carbocycles. The normalized spacial score (nSPS) is 17.8. The zero-order chi connectivity index (χ0) is 25.2. The second-order valence-corrected chi connectivity index (χ2v) is 8.19. The maximum atomic E-state index is 12.8. The molecule has 1 fully saturated rings. The topological polar surface area (TPSA) is 143 Å². The Balaban J connectivity index is 2.94. The number of alkyl halides is 3. The van der Waals surface area contributed by atoms with Gasteiger partial charge in [-0.3, -0.25) is 28.7 Å². The predicted octanol–water partition coefficient (Wildman–Crippen LogP) is 0.160. The number of rotatable bonds is 12. The number of Topliss-reactive ketones (excluding diaryl/α,β-unsaturated/α-hetero) is 1. The monoisotopic (exact) mass is 480 g/mol. The molecule has 1 heterocycles. The first-order valence-electron chi connectivity index (χ1n) is 10.7. The van der Waals surface area contributed by atoms with E-state index in [1.54, 1.807) is 20.8 Å². The molecule has 0 aromatic rings. The van der Waals surface area contributed by atoms with Crippen LogP contribution < -0.4 is 21.3 Å². The SMILES string of the molecule is CCCNC(=O)C(=O)NC(CC(C)C)C(=O)NC(C[C@@H]1CCNC1=O)C(=O)COC(F)(F)F. The Labute approximate surface area is 189 Å². The number of carbonyl (C=O) groups excluding carboxylic acids is 5. The van der Waals surface area contributed by atoms with E-state index in [9.17, 15) is 37.1 Å². The van der Waals surface area contributed by atoms with Crippen LogP contribution in [0.2, 0.25) is 0 Å². The fourth-order valence-electron chi connectivity index (χ4n) is 3.20. The number of halogens is 3. The van der Waals surface area contributed by atoms with Gasteiger partial charge >= 0.3 is 18.2 Å². The van der Waals surface area contributed by atoms with Gasteiger partial charge in [0.1, 0.15) is 12.6 Å². The zero-order valence-electron chi connectivity index (χ0n) is 18.8. The lowest BCUT2D eigenvalue weighted by molar-refractivity contribution is -0.321. The molecule has 1 aliphatic rings. The molecule has 1 rings (SSSR count). The van der Waals surface area contributed by atoms with Crippen LogP contribution in [0.1, 0.15) is 46.5 Å². The number of carbonyl (C=O) groups is 5. The molecule has 33 heavy (non-hydrogen) atoms. The van der Waals surface area contributed by atoms with Gasteiger partial charge < -0.3 is 21.3 Å². The molecule has 0 aromatic heterocycles. The summed E-state index contributed by atoms with van der Waals surface area (Å²) in [5, 5.41) is 9.55. The van der Waals surface area contributed by atoms with E-state index < -0.39 is 54.5 Å². The molecule has 10 nitrogen and oxygen atoms in total. The van der Waals surface area contributed by atoms with Crippen LogP contribution in [0.15, 0.2) is 0 Å². The van der Waals surface area contributed by atoms with Crippen molar-refractivity contribution in [3.8, 4) is 0 Å². The number of hydrogen-bond acceptors (Lipinski definition) is 6. The van der Waals surface area contributed by atoms with E-state index in [-0.39, 0.29) is 31.2 Å². The minimum atomic E-state index is -5.05. The molecule has 0 aliphatic carbocycles. The highest BCUT2D eigenvalue weighted by Crippen LogP contribution is 2.19. The predicted molar refractivity (Wildman–Crippen MR) is 109 cm³/mol. The number of ketones is 1. The highest BCUT2D eigenvalue weighted by Gasteiger charge is 2.36. The quantitative estimate of drug-likeness (QED) is 0.293. The summed E-state index contributed by atoms with van der Waals surface area (Å²) in [5.41, 5.74) is 0. The van der Waals surface area contributed by atoms with Crippen LogP contribution in [0, 0.1) is 11.8 Å². The molecule has 4 N–H and O–H groups in total. The van der Waals surface area contributed by atoms with Crippen molar-refractivity contribution < 1.29 is 41.9 Å². The standard InChI is InChI=1S/C20H31F3N4O6/c1-4-6-24-18(31)19(32)27-14(8-11(2)3)17(30)26-13(9-12-5-7-25-16(12)29)15(28)10-33-20(21,22)23/h11-14H,4-10H2,1-3H3,(H,24,31)(H,25,29)(H,26,30)(H,27,32)/t12-,13?,14?/m0/s1. The van der Waals surface area contributed by atoms with Crippen LogP contribution >= 0.6 is 0 Å². The summed E-state index contributed by atoms with van der Waals surface area (Å²) in [6, 6.07) is -2.67. The molecular formula is C20H31F3N4O6. The van der Waals surface area contributed by atoms with Crippen molar-refractivity contribution in [1.82, 2.24) is 21.3 Å². The van der Waals surface area contributed by atoms with Gasteiger partial charge in [-0.25, -0.2) is 0 Å². The average Bonchev–Trinajstić information content (AvgIpc) is 3.12. The van der Waals surface area contributed by atoms with Crippen molar-refractivity contribution in [2.45, 2.75) is 64.9 Å². The Morgan fingerprint density at radius 3 is 2.30 bits per heavy atom. The number of nitrogens with one attached hydrogen (secondary N) is 4. The first-order chi connectivity index (χ1) is 15.3. The number of ether oxygens (including phenoxy) is 1. The van der Waals surface area contributed by atoms with Crippen LogP contribution in [0.5, 0.6) is 0 Å². The third-order valence-electron chi connectivity index (χ3n) is 4.84. The van der Waals surface area contributed by atoms with Crippen LogP contribution in [0.4, 0.5) is 13.2 Å². The zero-order valence-corrected chi connectivity index (χ0v) is 18.8. The maximum absolute atomic E-state index is 12.8. The van der Waals surface area contributed by atoms with Gasteiger partial charge in [-0.15, -0.1) is 13.2 Å². The molecule has 13 heteroatoms. The van der Waals surface area contributed by atoms with E-state index in [0.29, 0.717) is 19.4 Å². The number of hydrogen-bond donors (Lipinski definition) is 4. The van der Waals surface area contributed by atoms with Gasteiger partial charge in [0.15, 0.2) is 5.78 Å². The minimum absolute atomic E-state index is 0.0997. The molecular weight excluding hydrogens is 449 g/mol. The summed E-state index contributed by atoms with van der Waals surface area (Å²) in [7, 11) is 0. The molecule has 0 radical (unpaired) electrons. The van der Waals surface area contributed by atoms with Gasteiger partial charge in [0.05, 0.1) is 6.04 Å². The van der Waals surface area contributed by atoms with Gasteiger partial charge in [-0.05, 0) is 31.6 Å². The van der Waals surface area contributed by atoms with Crippen molar-refractivity contribution in [3.05, 3.63) is 0 Å². The van der Waals surface area contributed by atoms with Crippen molar-refractivity contribution >= 4 is 29.4 Å². The molecule has 1 saturated heterocycles. The van der Waals surface area contributed by atoms with Crippen LogP contribution in [0.3, 0.4) is 0 Å². The Bertz CT molecular complexity index is 729. The Kier molecular flexibility index (Phi) is 11.3. The third-order valence-corrected chi connectivity index (χ3v) is 4.84.